The first-order chi connectivity index (χ1) is 8.70. The second-order valence-corrected chi connectivity index (χ2v) is 4.78. The summed E-state index contributed by atoms with van der Waals surface area (Å²) in [7, 11) is 1.99. The van der Waals surface area contributed by atoms with Crippen LogP contribution in [0, 0.1) is 0 Å². The first-order valence-corrected chi connectivity index (χ1v) is 7.17. The van der Waals surface area contributed by atoms with Gasteiger partial charge >= 0.3 is 0 Å². The number of rotatable bonds is 12. The van der Waals surface area contributed by atoms with Gasteiger partial charge in [-0.25, -0.2) is 0 Å². The molecule has 0 radical (unpaired) electrons. The molecule has 18 heavy (non-hydrogen) atoms. The van der Waals surface area contributed by atoms with E-state index in [2.05, 4.69) is 16.6 Å². The highest BCUT2D eigenvalue weighted by Gasteiger charge is 2.03. The Labute approximate surface area is 111 Å². The number of nitrogens with one attached hydrogen (secondary N) is 1. The molecule has 0 rings (SSSR count). The smallest absolute Gasteiger partial charge is 0.219 e. The second-order valence-electron chi connectivity index (χ2n) is 4.78. The molecular weight excluding hydrogens is 230 g/mol. The standard InChI is InChI=1S/C14H29NO3/c1-3-4-10-15-14(17)9-6-5-7-12-18(2)13-8-11-16/h16H,3-13H2,1-2H3/p+1. The first kappa shape index (κ1) is 17.4. The summed E-state index contributed by atoms with van der Waals surface area (Å²) in [5.74, 6) is 0.185. The number of hydrogen-bond acceptors (Lipinski definition) is 2. The Kier molecular flexibility index (Phi) is 12.4. The van der Waals surface area contributed by atoms with Crippen LogP contribution in [0.2, 0.25) is 0 Å². The Morgan fingerprint density at radius 2 is 1.83 bits per heavy atom. The molecule has 0 aliphatic rings. The average molecular weight is 260 g/mol. The fourth-order valence-electron chi connectivity index (χ4n) is 1.72. The molecule has 0 atom stereocenters. The normalized spacial score (nSPS) is 10.9. The minimum absolute atomic E-state index is 0.185. The molecule has 0 heterocycles. The SMILES string of the molecule is CCCCNC(=O)CCCCC[O+](C)CCCO. The maximum atomic E-state index is 11.4. The van der Waals surface area contributed by atoms with E-state index in [0.29, 0.717) is 6.42 Å². The minimum Gasteiger partial charge on any atom is -0.424 e. The van der Waals surface area contributed by atoms with E-state index in [1.165, 1.54) is 0 Å². The molecule has 0 saturated carbocycles. The van der Waals surface area contributed by atoms with Crippen LogP contribution in [0.5, 0.6) is 0 Å². The van der Waals surface area contributed by atoms with Gasteiger partial charge in [-0.1, -0.05) is 13.3 Å². The van der Waals surface area contributed by atoms with Gasteiger partial charge in [-0.2, -0.15) is 0 Å². The van der Waals surface area contributed by atoms with Crippen molar-refractivity contribution in [3.63, 3.8) is 0 Å². The summed E-state index contributed by atoms with van der Waals surface area (Å²) in [6.45, 7) is 5.02. The van der Waals surface area contributed by atoms with E-state index in [1.807, 2.05) is 7.11 Å². The van der Waals surface area contributed by atoms with Crippen molar-refractivity contribution in [1.82, 2.24) is 5.32 Å². The number of carbonyl (C=O) groups excluding carboxylic acids is 1. The van der Waals surface area contributed by atoms with Crippen molar-refractivity contribution in [2.24, 2.45) is 0 Å². The summed E-state index contributed by atoms with van der Waals surface area (Å²) in [4.78, 5) is 11.4. The molecule has 2 N–H and O–H groups in total. The molecule has 0 aromatic heterocycles. The van der Waals surface area contributed by atoms with Gasteiger partial charge < -0.3 is 14.8 Å². The molecule has 0 fully saturated rings. The van der Waals surface area contributed by atoms with Gasteiger partial charge in [-0.3, -0.25) is 4.79 Å². The third-order valence-corrected chi connectivity index (χ3v) is 2.90. The summed E-state index contributed by atoms with van der Waals surface area (Å²) in [6.07, 6.45) is 6.78. The van der Waals surface area contributed by atoms with E-state index in [0.717, 1.165) is 58.3 Å². The molecular formula is C14H30NO3+. The Hall–Kier alpha value is -0.610. The predicted molar refractivity (Wildman–Crippen MR) is 74.8 cm³/mol. The van der Waals surface area contributed by atoms with Crippen LogP contribution in [0.4, 0.5) is 0 Å². The minimum atomic E-state index is 0.185. The monoisotopic (exact) mass is 260 g/mol. The van der Waals surface area contributed by atoms with E-state index >= 15 is 0 Å². The zero-order valence-electron chi connectivity index (χ0n) is 12.0. The van der Waals surface area contributed by atoms with Crippen molar-refractivity contribution >= 4 is 5.91 Å². The Morgan fingerprint density at radius 1 is 1.11 bits per heavy atom. The zero-order chi connectivity index (χ0) is 13.6. The Bertz CT molecular complexity index is 197. The third-order valence-electron chi connectivity index (χ3n) is 2.90. The van der Waals surface area contributed by atoms with E-state index in [1.54, 1.807) is 0 Å². The topological polar surface area (TPSA) is 52.0 Å². The quantitative estimate of drug-likeness (QED) is 0.417. The second kappa shape index (κ2) is 12.8. The number of amides is 1. The maximum Gasteiger partial charge on any atom is 0.219 e. The molecule has 4 heteroatoms. The number of unbranched alkanes of at least 4 members (excludes halogenated alkanes) is 3. The molecule has 0 spiro atoms. The molecule has 0 aromatic rings. The van der Waals surface area contributed by atoms with Gasteiger partial charge in [0, 0.05) is 25.8 Å². The van der Waals surface area contributed by atoms with Crippen molar-refractivity contribution in [2.45, 2.75) is 51.9 Å². The van der Waals surface area contributed by atoms with Gasteiger partial charge in [0.2, 0.25) is 5.91 Å². The van der Waals surface area contributed by atoms with Crippen LogP contribution in [-0.2, 0) is 9.16 Å². The van der Waals surface area contributed by atoms with Crippen LogP contribution in [-0.4, -0.2) is 44.5 Å². The summed E-state index contributed by atoms with van der Waals surface area (Å²) in [6, 6.07) is 0. The van der Waals surface area contributed by atoms with Gasteiger partial charge in [0.15, 0.2) is 0 Å². The van der Waals surface area contributed by atoms with E-state index in [4.69, 9.17) is 5.11 Å². The molecule has 0 aromatic carbocycles. The molecule has 1 amide bonds. The van der Waals surface area contributed by atoms with Crippen LogP contribution in [0.25, 0.3) is 0 Å². The summed E-state index contributed by atoms with van der Waals surface area (Å²) >= 11 is 0. The van der Waals surface area contributed by atoms with Crippen LogP contribution in [0.1, 0.15) is 51.9 Å². The van der Waals surface area contributed by atoms with Crippen LogP contribution >= 0.6 is 0 Å². The van der Waals surface area contributed by atoms with Crippen molar-refractivity contribution in [1.29, 1.82) is 0 Å². The van der Waals surface area contributed by atoms with Gasteiger partial charge in [-0.05, 0) is 19.3 Å². The third kappa shape index (κ3) is 11.9. The molecule has 0 aliphatic heterocycles. The lowest BCUT2D eigenvalue weighted by Gasteiger charge is -2.13. The number of carbonyl (C=O) groups is 1. The maximum absolute atomic E-state index is 11.4. The molecule has 0 aliphatic carbocycles. The summed E-state index contributed by atoms with van der Waals surface area (Å²) in [5.41, 5.74) is 0. The van der Waals surface area contributed by atoms with Crippen molar-refractivity contribution in [3.05, 3.63) is 0 Å². The van der Waals surface area contributed by atoms with Crippen LogP contribution in [0.15, 0.2) is 0 Å². The highest BCUT2D eigenvalue weighted by molar-refractivity contribution is 5.75. The molecule has 0 unspecified atom stereocenters. The van der Waals surface area contributed by atoms with Crippen LogP contribution in [0.3, 0.4) is 0 Å². The molecule has 108 valence electrons. The Morgan fingerprint density at radius 3 is 2.50 bits per heavy atom. The van der Waals surface area contributed by atoms with E-state index in [9.17, 15) is 4.79 Å². The molecule has 0 bridgehead atoms. The summed E-state index contributed by atoms with van der Waals surface area (Å²) in [5, 5.41) is 11.6. The zero-order valence-corrected chi connectivity index (χ0v) is 12.0. The van der Waals surface area contributed by atoms with Gasteiger partial charge in [0.05, 0.1) is 6.61 Å². The Balaban J connectivity index is 3.26. The number of aliphatic hydroxyl groups is 1. The number of hydrogen-bond donors (Lipinski definition) is 2. The average Bonchev–Trinajstić information content (AvgIpc) is 2.36. The fourth-order valence-corrected chi connectivity index (χ4v) is 1.72. The highest BCUT2D eigenvalue weighted by Crippen LogP contribution is 2.04. The van der Waals surface area contributed by atoms with Crippen molar-refractivity contribution in [2.75, 3.05) is 33.5 Å². The highest BCUT2D eigenvalue weighted by atomic mass is 16.7. The van der Waals surface area contributed by atoms with E-state index in [-0.39, 0.29) is 12.5 Å². The van der Waals surface area contributed by atoms with Crippen molar-refractivity contribution in [3.8, 4) is 0 Å². The lowest BCUT2D eigenvalue weighted by atomic mass is 10.2. The lowest BCUT2D eigenvalue weighted by molar-refractivity contribution is -0.121. The van der Waals surface area contributed by atoms with Crippen molar-refractivity contribution < 1.29 is 14.3 Å². The van der Waals surface area contributed by atoms with Crippen LogP contribution < -0.4 is 5.32 Å². The first-order valence-electron chi connectivity index (χ1n) is 7.17. The fraction of sp³-hybridized carbons (Fsp3) is 0.929. The van der Waals surface area contributed by atoms with Gasteiger partial charge in [0.25, 0.3) is 0 Å². The molecule has 0 saturated heterocycles. The number of aliphatic hydroxyl groups excluding tert-OH is 1. The molecule has 4 nitrogen and oxygen atoms in total. The largest absolute Gasteiger partial charge is 0.424 e. The summed E-state index contributed by atoms with van der Waals surface area (Å²) < 4.78 is 3.00. The van der Waals surface area contributed by atoms with E-state index < -0.39 is 0 Å². The van der Waals surface area contributed by atoms with Gasteiger partial charge in [0.1, 0.15) is 20.3 Å². The lowest BCUT2D eigenvalue weighted by Crippen LogP contribution is -2.23. The predicted octanol–water partition coefficient (Wildman–Crippen LogP) is 2.03. The van der Waals surface area contributed by atoms with Gasteiger partial charge in [-0.15, -0.1) is 0 Å².